The van der Waals surface area contributed by atoms with Crippen molar-refractivity contribution < 1.29 is 41.8 Å². The predicted octanol–water partition coefficient (Wildman–Crippen LogP) is 6.06. The minimum atomic E-state index is -4.85. The lowest BCUT2D eigenvalue weighted by Crippen LogP contribution is -2.55. The lowest BCUT2D eigenvalue weighted by Gasteiger charge is -2.43. The number of benzene rings is 1. The molecule has 45 heavy (non-hydrogen) atoms. The Hall–Kier alpha value is -3.16. The number of alkyl halides is 3. The number of carbonyl (C=O) groups excluding carboxylic acids is 4. The Morgan fingerprint density at radius 2 is 1.80 bits per heavy atom. The molecule has 1 saturated carbocycles. The van der Waals surface area contributed by atoms with E-state index in [0.717, 1.165) is 30.7 Å². The molecule has 1 saturated heterocycles. The van der Waals surface area contributed by atoms with E-state index in [0.29, 0.717) is 32.2 Å². The second-order valence-electron chi connectivity index (χ2n) is 13.1. The number of methoxy groups -OCH3 is 1. The van der Waals surface area contributed by atoms with E-state index in [4.69, 9.17) is 4.74 Å². The minimum Gasteiger partial charge on any atom is -0.453 e. The zero-order valence-electron chi connectivity index (χ0n) is 26.7. The summed E-state index contributed by atoms with van der Waals surface area (Å²) in [5.41, 5.74) is -2.16. The third-order valence-corrected chi connectivity index (χ3v) is 9.82. The maximum atomic E-state index is 14.7. The minimum absolute atomic E-state index is 0.00357. The zero-order valence-corrected chi connectivity index (χ0v) is 27.5. The fourth-order valence-electron chi connectivity index (χ4n) is 6.34. The number of hydrogen-bond donors (Lipinski definition) is 1. The van der Waals surface area contributed by atoms with Crippen molar-refractivity contribution in [3.8, 4) is 0 Å². The average molecular weight is 657 g/mol. The number of rotatable bonds is 6. The van der Waals surface area contributed by atoms with Gasteiger partial charge in [0.25, 0.3) is 5.91 Å². The Morgan fingerprint density at radius 1 is 1.13 bits per heavy atom. The van der Waals surface area contributed by atoms with Gasteiger partial charge >= 0.3 is 18.4 Å². The van der Waals surface area contributed by atoms with E-state index in [1.165, 1.54) is 27.9 Å². The van der Waals surface area contributed by atoms with E-state index < -0.39 is 57.8 Å². The molecule has 3 aliphatic rings. The van der Waals surface area contributed by atoms with Crippen molar-refractivity contribution in [1.82, 2.24) is 15.1 Å². The van der Waals surface area contributed by atoms with Gasteiger partial charge in [-0.05, 0) is 72.4 Å². The molecule has 0 unspecified atom stereocenters. The third kappa shape index (κ3) is 7.63. The SMILES string of the molecule is COC(=O)NCCN1C(=O)C2(CCCC2)Sc2cc(C(F)(F)F)c(C(=O)N(C(C)C)[C@@H]3CCCN(C(=O)OC(C)(C)C)C3)cc21. The van der Waals surface area contributed by atoms with Gasteiger partial charge in [-0.1, -0.05) is 12.8 Å². The first-order valence-electron chi connectivity index (χ1n) is 15.4. The number of anilines is 1. The molecule has 1 aliphatic carbocycles. The van der Waals surface area contributed by atoms with Crippen LogP contribution in [0.2, 0.25) is 0 Å². The topological polar surface area (TPSA) is 108 Å². The van der Waals surface area contributed by atoms with Gasteiger partial charge in [-0.25, -0.2) is 9.59 Å². The summed E-state index contributed by atoms with van der Waals surface area (Å²) in [7, 11) is 1.21. The highest BCUT2D eigenvalue weighted by Gasteiger charge is 2.50. The maximum Gasteiger partial charge on any atom is 0.417 e. The number of ether oxygens (including phenoxy) is 2. The van der Waals surface area contributed by atoms with Crippen molar-refractivity contribution in [2.24, 2.45) is 0 Å². The van der Waals surface area contributed by atoms with Crippen LogP contribution in [0.5, 0.6) is 0 Å². The monoisotopic (exact) mass is 656 g/mol. The van der Waals surface area contributed by atoms with Crippen LogP contribution in [0.25, 0.3) is 0 Å². The summed E-state index contributed by atoms with van der Waals surface area (Å²) in [5, 5.41) is 2.53. The van der Waals surface area contributed by atoms with Crippen molar-refractivity contribution in [2.75, 3.05) is 38.2 Å². The summed E-state index contributed by atoms with van der Waals surface area (Å²) < 4.78 is 53.3. The van der Waals surface area contributed by atoms with Crippen LogP contribution in [0.15, 0.2) is 17.0 Å². The maximum absolute atomic E-state index is 14.7. The number of nitrogens with one attached hydrogen (secondary N) is 1. The predicted molar refractivity (Wildman–Crippen MR) is 163 cm³/mol. The van der Waals surface area contributed by atoms with Gasteiger partial charge in [0.1, 0.15) is 5.60 Å². The molecular formula is C31H43F3N4O6S. The number of halogens is 3. The molecule has 1 atom stereocenters. The summed E-state index contributed by atoms with van der Waals surface area (Å²) in [6.45, 7) is 9.22. The van der Waals surface area contributed by atoms with E-state index in [1.807, 2.05) is 0 Å². The highest BCUT2D eigenvalue weighted by molar-refractivity contribution is 8.01. The van der Waals surface area contributed by atoms with Gasteiger partial charge in [0.15, 0.2) is 0 Å². The molecule has 14 heteroatoms. The average Bonchev–Trinajstić information content (AvgIpc) is 3.42. The molecule has 1 spiro atoms. The van der Waals surface area contributed by atoms with Crippen molar-refractivity contribution >= 4 is 41.5 Å². The molecule has 2 fully saturated rings. The zero-order chi connectivity index (χ0) is 33.3. The fraction of sp³-hybridized carbons (Fsp3) is 0.677. The van der Waals surface area contributed by atoms with Crippen LogP contribution >= 0.6 is 11.8 Å². The normalized spacial score (nSPS) is 19.9. The molecule has 1 aromatic rings. The lowest BCUT2D eigenvalue weighted by molar-refractivity contribution is -0.138. The number of thioether (sulfide) groups is 1. The van der Waals surface area contributed by atoms with Crippen LogP contribution in [-0.2, 0) is 20.4 Å². The first-order chi connectivity index (χ1) is 21.0. The second-order valence-corrected chi connectivity index (χ2v) is 14.5. The molecule has 4 rings (SSSR count). The first-order valence-corrected chi connectivity index (χ1v) is 16.2. The molecule has 0 radical (unpaired) electrons. The third-order valence-electron chi connectivity index (χ3n) is 8.30. The van der Waals surface area contributed by atoms with E-state index in [9.17, 15) is 32.3 Å². The molecule has 0 bridgehead atoms. The summed E-state index contributed by atoms with van der Waals surface area (Å²) in [6.07, 6.45) is -2.45. The van der Waals surface area contributed by atoms with Gasteiger partial charge in [0.2, 0.25) is 5.91 Å². The number of alkyl carbamates (subject to hydrolysis) is 1. The van der Waals surface area contributed by atoms with Crippen molar-refractivity contribution in [3.63, 3.8) is 0 Å². The van der Waals surface area contributed by atoms with Crippen LogP contribution in [0.3, 0.4) is 0 Å². The first kappa shape index (κ1) is 34.7. The Bertz CT molecular complexity index is 1310. The molecule has 2 aliphatic heterocycles. The summed E-state index contributed by atoms with van der Waals surface area (Å²) >= 11 is 1.14. The van der Waals surface area contributed by atoms with E-state index >= 15 is 0 Å². The molecule has 4 amide bonds. The van der Waals surface area contributed by atoms with Gasteiger partial charge in [-0.3, -0.25) is 9.59 Å². The number of nitrogens with zero attached hydrogens (tertiary/aromatic N) is 3. The number of amides is 4. The highest BCUT2D eigenvalue weighted by atomic mass is 32.2. The number of carbonyl (C=O) groups is 4. The molecular weight excluding hydrogens is 613 g/mol. The summed E-state index contributed by atoms with van der Waals surface area (Å²) in [4.78, 5) is 57.2. The molecule has 1 N–H and O–H groups in total. The van der Waals surface area contributed by atoms with Crippen LogP contribution in [-0.4, -0.2) is 89.5 Å². The Kier molecular flexibility index (Phi) is 10.3. The number of hydrogen-bond acceptors (Lipinski definition) is 7. The van der Waals surface area contributed by atoms with Gasteiger partial charge in [-0.2, -0.15) is 13.2 Å². The van der Waals surface area contributed by atoms with E-state index in [2.05, 4.69) is 10.1 Å². The molecule has 0 aromatic heterocycles. The Balaban J connectivity index is 1.74. The second kappa shape index (κ2) is 13.3. The van der Waals surface area contributed by atoms with Crippen LogP contribution in [0.4, 0.5) is 28.4 Å². The van der Waals surface area contributed by atoms with Crippen LogP contribution in [0.1, 0.15) is 89.1 Å². The smallest absolute Gasteiger partial charge is 0.417 e. The largest absolute Gasteiger partial charge is 0.453 e. The van der Waals surface area contributed by atoms with Crippen LogP contribution in [0, 0.1) is 0 Å². The molecule has 250 valence electrons. The fourth-order valence-corrected chi connectivity index (χ4v) is 7.90. The number of fused-ring (bicyclic) bond motifs is 1. The van der Waals surface area contributed by atoms with Gasteiger partial charge in [0, 0.05) is 37.1 Å². The molecule has 2 heterocycles. The Morgan fingerprint density at radius 3 is 2.38 bits per heavy atom. The summed E-state index contributed by atoms with van der Waals surface area (Å²) in [5.74, 6) is -1.08. The van der Waals surface area contributed by atoms with Gasteiger partial charge in [-0.15, -0.1) is 11.8 Å². The lowest BCUT2D eigenvalue weighted by atomic mass is 9.97. The van der Waals surface area contributed by atoms with Gasteiger partial charge in [0.05, 0.1) is 34.7 Å². The number of piperidine rings is 1. The van der Waals surface area contributed by atoms with Crippen molar-refractivity contribution in [3.05, 3.63) is 23.3 Å². The highest BCUT2D eigenvalue weighted by Crippen LogP contribution is 2.54. The quantitative estimate of drug-likeness (QED) is 0.397. The van der Waals surface area contributed by atoms with E-state index in [1.54, 1.807) is 34.6 Å². The van der Waals surface area contributed by atoms with Gasteiger partial charge < -0.3 is 29.5 Å². The molecule has 1 aromatic carbocycles. The van der Waals surface area contributed by atoms with Crippen molar-refractivity contribution in [1.29, 1.82) is 0 Å². The standard InChI is InChI=1S/C31H43F3N4O6S/c1-19(2)38(20-10-9-14-36(18-20)28(42)44-29(3,4)5)25(39)21-16-23-24(17-22(21)31(32,33)34)45-30(11-7-8-12-30)26(40)37(23)15-13-35-27(41)43-6/h16-17,19-20H,7-15,18H2,1-6H3,(H,35,41)/t20-/m1/s1. The van der Waals surface area contributed by atoms with Crippen LogP contribution < -0.4 is 10.2 Å². The number of likely N-dealkylation sites (tertiary alicyclic amines) is 1. The van der Waals surface area contributed by atoms with E-state index in [-0.39, 0.29) is 36.1 Å². The molecule has 10 nitrogen and oxygen atoms in total. The Labute approximate surface area is 266 Å². The van der Waals surface area contributed by atoms with Crippen molar-refractivity contribution in [2.45, 2.75) is 107 Å². The summed E-state index contributed by atoms with van der Waals surface area (Å²) in [6, 6.07) is 1.13.